The van der Waals surface area contributed by atoms with Crippen molar-refractivity contribution in [2.45, 2.75) is 62.9 Å². The van der Waals surface area contributed by atoms with Crippen LogP contribution in [0.4, 0.5) is 25.0 Å². The van der Waals surface area contributed by atoms with Gasteiger partial charge in [0.15, 0.2) is 0 Å². The topological polar surface area (TPSA) is 105 Å². The van der Waals surface area contributed by atoms with Gasteiger partial charge >= 0.3 is 6.03 Å². The zero-order chi connectivity index (χ0) is 43.2. The molecule has 61 heavy (non-hydrogen) atoms. The summed E-state index contributed by atoms with van der Waals surface area (Å²) in [7, 11) is 3.31. The number of nitrogens with zero attached hydrogens (tertiary/aromatic N) is 5. The first kappa shape index (κ1) is 43.8. The molecule has 0 saturated carbocycles. The van der Waals surface area contributed by atoms with E-state index in [0.717, 1.165) is 68.6 Å². The fourth-order valence-corrected chi connectivity index (χ4v) is 9.05. The normalized spacial score (nSPS) is 21.1. The average Bonchev–Trinajstić information content (AvgIpc) is 3.58. The van der Waals surface area contributed by atoms with E-state index in [1.807, 2.05) is 40.1 Å². The molecule has 0 radical (unpaired) electrons. The van der Waals surface area contributed by atoms with Crippen molar-refractivity contribution in [3.63, 3.8) is 0 Å². The molecule has 4 heterocycles. The summed E-state index contributed by atoms with van der Waals surface area (Å²) in [5, 5.41) is 3.89. The Hall–Kier alpha value is -5.27. The number of nitrogens with one attached hydrogen (secondary N) is 1. The number of nitrogens with two attached hydrogens (primary N) is 1. The fourth-order valence-electron chi connectivity index (χ4n) is 8.70. The number of benzene rings is 4. The molecule has 4 bridgehead atoms. The van der Waals surface area contributed by atoms with Crippen molar-refractivity contribution in [3.8, 4) is 0 Å². The molecule has 4 aromatic rings. The van der Waals surface area contributed by atoms with Crippen LogP contribution >= 0.6 is 23.2 Å². The van der Waals surface area contributed by atoms with Crippen LogP contribution in [0.15, 0.2) is 97.1 Å². The van der Waals surface area contributed by atoms with Crippen molar-refractivity contribution >= 4 is 64.6 Å². The van der Waals surface area contributed by atoms with Crippen LogP contribution in [0.5, 0.6) is 0 Å². The van der Waals surface area contributed by atoms with Gasteiger partial charge in [-0.3, -0.25) is 19.4 Å². The number of halogens is 4. The number of anilines is 2. The molecule has 0 aliphatic carbocycles. The Balaban J connectivity index is 0.000000186. The Morgan fingerprint density at radius 1 is 0.656 bits per heavy atom. The molecule has 4 saturated heterocycles. The first-order valence-electron chi connectivity index (χ1n) is 20.6. The van der Waals surface area contributed by atoms with Crippen molar-refractivity contribution in [3.05, 3.63) is 141 Å². The summed E-state index contributed by atoms with van der Waals surface area (Å²) >= 11 is 12.0. The van der Waals surface area contributed by atoms with E-state index in [4.69, 9.17) is 28.9 Å². The number of nitrogen functional groups attached to an aromatic ring is 1. The molecule has 4 aromatic carbocycles. The predicted octanol–water partition coefficient (Wildman–Crippen LogP) is 8.41. The number of piperazine rings is 2. The minimum atomic E-state index is -0.271. The van der Waals surface area contributed by atoms with Crippen molar-refractivity contribution in [1.82, 2.24) is 24.5 Å². The van der Waals surface area contributed by atoms with Crippen LogP contribution in [0.3, 0.4) is 0 Å². The molecule has 4 atom stereocenters. The highest BCUT2D eigenvalue weighted by Gasteiger charge is 2.42. The van der Waals surface area contributed by atoms with Gasteiger partial charge in [-0.25, -0.2) is 13.6 Å². The van der Waals surface area contributed by atoms with Gasteiger partial charge in [0.25, 0.3) is 0 Å². The number of urea groups is 1. The van der Waals surface area contributed by atoms with Gasteiger partial charge in [0, 0.05) is 105 Å². The zero-order valence-corrected chi connectivity index (χ0v) is 35.8. The molecule has 4 aliphatic rings. The Kier molecular flexibility index (Phi) is 14.1. The summed E-state index contributed by atoms with van der Waals surface area (Å²) < 4.78 is 26.3. The van der Waals surface area contributed by atoms with Crippen molar-refractivity contribution in [1.29, 1.82) is 0 Å². The Morgan fingerprint density at radius 3 is 1.49 bits per heavy atom. The predicted molar refractivity (Wildman–Crippen MR) is 239 cm³/mol. The van der Waals surface area contributed by atoms with Gasteiger partial charge in [-0.05, 0) is 109 Å². The van der Waals surface area contributed by atoms with Crippen molar-refractivity contribution in [2.24, 2.45) is 0 Å². The molecule has 4 aliphatic heterocycles. The number of carbonyl (C=O) groups is 3. The highest BCUT2D eigenvalue weighted by molar-refractivity contribution is 6.31. The largest absolute Gasteiger partial charge is 0.398 e. The van der Waals surface area contributed by atoms with Gasteiger partial charge in [0.2, 0.25) is 11.8 Å². The lowest BCUT2D eigenvalue weighted by Crippen LogP contribution is -2.54. The van der Waals surface area contributed by atoms with E-state index in [0.29, 0.717) is 64.2 Å². The smallest absolute Gasteiger partial charge is 0.321 e. The standard InChI is InChI=1S/C25H28ClFN4O2.C22H23ClFN3O/c1-29(2)25(33)28-23-13-19(26)7-5-18(23)6-12-24(32)30-15-21-10-11-22(16-30)31(21)14-17-3-8-20(27)9-4-17;23-17-5-3-16(21(25)11-17)4-10-22(28)26-13-19-8-9-20(14-26)27(19)12-15-1-6-18(24)7-2-15/h3-9,12-13,21-22H,10-11,14-16H2,1-2H3,(H,28,33);1-7,10-11,19-20H,8-9,12-14,25H2/b12-6+;10-4+. The molecule has 10 nitrogen and oxygen atoms in total. The molecule has 4 amide bonds. The van der Waals surface area contributed by atoms with Gasteiger partial charge < -0.3 is 25.8 Å². The maximum Gasteiger partial charge on any atom is 0.321 e. The first-order chi connectivity index (χ1) is 29.3. The van der Waals surface area contributed by atoms with Gasteiger partial charge in [-0.2, -0.15) is 0 Å². The van der Waals surface area contributed by atoms with Crippen LogP contribution in [-0.2, 0) is 22.7 Å². The molecule has 8 rings (SSSR count). The minimum Gasteiger partial charge on any atom is -0.398 e. The van der Waals surface area contributed by atoms with Crippen LogP contribution < -0.4 is 11.1 Å². The summed E-state index contributed by atoms with van der Waals surface area (Å²) in [5.74, 6) is -0.481. The van der Waals surface area contributed by atoms with Gasteiger partial charge in [-0.15, -0.1) is 0 Å². The average molecular weight is 871 g/mol. The number of fused-ring (bicyclic) bond motifs is 4. The second-order valence-electron chi connectivity index (χ2n) is 16.4. The lowest BCUT2D eigenvalue weighted by Gasteiger charge is -2.40. The highest BCUT2D eigenvalue weighted by Crippen LogP contribution is 2.34. The molecule has 320 valence electrons. The maximum atomic E-state index is 13.2. The second-order valence-corrected chi connectivity index (χ2v) is 17.2. The third-order valence-corrected chi connectivity index (χ3v) is 12.4. The highest BCUT2D eigenvalue weighted by atomic mass is 35.5. The molecule has 3 N–H and O–H groups in total. The third-order valence-electron chi connectivity index (χ3n) is 12.0. The van der Waals surface area contributed by atoms with Gasteiger partial charge in [0.05, 0.1) is 5.69 Å². The Morgan fingerprint density at radius 2 is 1.07 bits per heavy atom. The third kappa shape index (κ3) is 11.2. The SMILES string of the molecule is CN(C)C(=O)Nc1cc(Cl)ccc1/C=C/C(=O)N1CC2CCC(C1)N2Cc1ccc(F)cc1.Nc1cc(Cl)ccc1/C=C/C(=O)N1CC2CCC(C1)N2Cc1ccc(F)cc1. The molecule has 4 unspecified atom stereocenters. The number of likely N-dealkylation sites (tertiary alicyclic amines) is 2. The van der Waals surface area contributed by atoms with Crippen molar-refractivity contribution in [2.75, 3.05) is 51.3 Å². The Labute approximate surface area is 366 Å². The summed E-state index contributed by atoms with van der Waals surface area (Å²) in [6.45, 7) is 4.35. The molecular weight excluding hydrogens is 819 g/mol. The van der Waals surface area contributed by atoms with E-state index in [-0.39, 0.29) is 29.5 Å². The van der Waals surface area contributed by atoms with E-state index in [1.165, 1.54) is 29.2 Å². The van der Waals surface area contributed by atoms with E-state index in [9.17, 15) is 23.2 Å². The lowest BCUT2D eigenvalue weighted by atomic mass is 10.1. The molecule has 0 spiro atoms. The molecular formula is C47H51Cl2F2N7O3. The maximum absolute atomic E-state index is 13.2. The minimum absolute atomic E-state index is 0.00711. The first-order valence-corrected chi connectivity index (χ1v) is 21.3. The summed E-state index contributed by atoms with van der Waals surface area (Å²) in [5.41, 5.74) is 10.7. The zero-order valence-electron chi connectivity index (χ0n) is 34.3. The quantitative estimate of drug-likeness (QED) is 0.129. The van der Waals surface area contributed by atoms with Crippen LogP contribution in [-0.4, -0.2) is 107 Å². The second kappa shape index (κ2) is 19.6. The number of carbonyl (C=O) groups excluding carboxylic acids is 3. The molecule has 0 aromatic heterocycles. The molecule has 14 heteroatoms. The van der Waals surface area contributed by atoms with Crippen LogP contribution in [0.25, 0.3) is 12.2 Å². The van der Waals surface area contributed by atoms with Gasteiger partial charge in [-0.1, -0.05) is 59.6 Å². The fraction of sp³-hybridized carbons (Fsp3) is 0.340. The summed E-state index contributed by atoms with van der Waals surface area (Å²) in [4.78, 5) is 47.9. The monoisotopic (exact) mass is 869 g/mol. The van der Waals surface area contributed by atoms with E-state index in [2.05, 4.69) is 15.1 Å². The van der Waals surface area contributed by atoms with Crippen LogP contribution in [0.2, 0.25) is 10.0 Å². The summed E-state index contributed by atoms with van der Waals surface area (Å²) in [6.07, 6.45) is 10.9. The Bertz CT molecular complexity index is 2250. The number of hydrogen-bond acceptors (Lipinski definition) is 6. The summed E-state index contributed by atoms with van der Waals surface area (Å²) in [6, 6.07) is 24.8. The number of hydrogen-bond donors (Lipinski definition) is 2. The van der Waals surface area contributed by atoms with E-state index >= 15 is 0 Å². The van der Waals surface area contributed by atoms with Gasteiger partial charge in [0.1, 0.15) is 11.6 Å². The number of rotatable bonds is 9. The molecule has 4 fully saturated rings. The van der Waals surface area contributed by atoms with Crippen molar-refractivity contribution < 1.29 is 23.2 Å². The van der Waals surface area contributed by atoms with E-state index in [1.54, 1.807) is 68.7 Å². The number of amides is 4. The van der Waals surface area contributed by atoms with Crippen LogP contribution in [0.1, 0.15) is 47.9 Å². The van der Waals surface area contributed by atoms with Crippen LogP contribution in [0, 0.1) is 11.6 Å². The van der Waals surface area contributed by atoms with E-state index < -0.39 is 0 Å². The lowest BCUT2D eigenvalue weighted by molar-refractivity contribution is -0.130.